The Labute approximate surface area is 92.8 Å². The van der Waals surface area contributed by atoms with Gasteiger partial charge in [0.05, 0.1) is 7.11 Å². The molecule has 84 valence electrons. The number of hydrogen-bond donors (Lipinski definition) is 1. The predicted molar refractivity (Wildman–Crippen MR) is 58.2 cm³/mol. The lowest BCUT2D eigenvalue weighted by Gasteiger charge is -2.04. The van der Waals surface area contributed by atoms with Crippen LogP contribution in [0, 0.1) is 0 Å². The van der Waals surface area contributed by atoms with Crippen LogP contribution in [0.3, 0.4) is 0 Å². The molecular formula is C11H12N2O3. The molecule has 0 fully saturated rings. The van der Waals surface area contributed by atoms with Crippen molar-refractivity contribution >= 4 is 5.82 Å². The maximum absolute atomic E-state index is 5.44. The third-order valence-corrected chi connectivity index (χ3v) is 1.99. The Hall–Kier alpha value is -2.17. The zero-order chi connectivity index (χ0) is 11.4. The Morgan fingerprint density at radius 3 is 2.50 bits per heavy atom. The first-order chi connectivity index (χ1) is 7.78. The molecule has 0 saturated heterocycles. The van der Waals surface area contributed by atoms with Gasteiger partial charge in [0.15, 0.2) is 12.4 Å². The van der Waals surface area contributed by atoms with Gasteiger partial charge < -0.3 is 19.6 Å². The van der Waals surface area contributed by atoms with E-state index in [1.807, 2.05) is 24.3 Å². The number of rotatable bonds is 4. The first kappa shape index (κ1) is 10.4. The van der Waals surface area contributed by atoms with Gasteiger partial charge in [-0.15, -0.1) is 0 Å². The number of methoxy groups -OCH3 is 1. The maximum Gasteiger partial charge on any atom is 0.234 e. The minimum Gasteiger partial charge on any atom is -0.497 e. The molecule has 0 saturated carbocycles. The quantitative estimate of drug-likeness (QED) is 0.851. The topological polar surface area (TPSA) is 70.5 Å². The summed E-state index contributed by atoms with van der Waals surface area (Å²) >= 11 is 0. The van der Waals surface area contributed by atoms with Gasteiger partial charge in [-0.2, -0.15) is 4.98 Å². The highest BCUT2D eigenvalue weighted by Gasteiger charge is 2.02. The molecule has 1 aromatic carbocycles. The third-order valence-electron chi connectivity index (χ3n) is 1.99. The number of hydrogen-bond acceptors (Lipinski definition) is 5. The monoisotopic (exact) mass is 220 g/mol. The maximum atomic E-state index is 5.44. The van der Waals surface area contributed by atoms with E-state index in [2.05, 4.69) is 4.98 Å². The van der Waals surface area contributed by atoms with Crippen molar-refractivity contribution in [2.75, 3.05) is 12.8 Å². The summed E-state index contributed by atoms with van der Waals surface area (Å²) in [6.07, 6.45) is 1.38. The van der Waals surface area contributed by atoms with Crippen LogP contribution in [0.2, 0.25) is 0 Å². The molecule has 1 aromatic heterocycles. The summed E-state index contributed by atoms with van der Waals surface area (Å²) < 4.78 is 15.5. The standard InChI is InChI=1S/C11H12N2O3/c1-14-8-2-4-9(5-3-8)15-7-11-13-10(12)6-16-11/h2-6H,7,12H2,1H3. The highest BCUT2D eigenvalue weighted by Crippen LogP contribution is 2.18. The summed E-state index contributed by atoms with van der Waals surface area (Å²) in [6.45, 7) is 0.254. The molecule has 0 aliphatic rings. The first-order valence-corrected chi connectivity index (χ1v) is 4.74. The van der Waals surface area contributed by atoms with Gasteiger partial charge in [0.2, 0.25) is 5.89 Å². The van der Waals surface area contributed by atoms with Crippen molar-refractivity contribution in [1.82, 2.24) is 4.98 Å². The minimum absolute atomic E-state index is 0.254. The molecule has 0 unspecified atom stereocenters. The number of ether oxygens (including phenoxy) is 2. The Morgan fingerprint density at radius 2 is 1.94 bits per heavy atom. The number of oxazole rings is 1. The summed E-state index contributed by atoms with van der Waals surface area (Å²) in [5.41, 5.74) is 5.41. The van der Waals surface area contributed by atoms with Crippen LogP contribution in [0.15, 0.2) is 34.9 Å². The molecule has 0 atom stereocenters. The molecule has 2 aromatic rings. The normalized spacial score (nSPS) is 10.1. The Morgan fingerprint density at radius 1 is 1.25 bits per heavy atom. The molecule has 0 amide bonds. The lowest BCUT2D eigenvalue weighted by Crippen LogP contribution is -1.96. The molecule has 0 bridgehead atoms. The summed E-state index contributed by atoms with van der Waals surface area (Å²) in [5.74, 6) is 2.31. The first-order valence-electron chi connectivity index (χ1n) is 4.74. The molecule has 0 aliphatic carbocycles. The molecule has 16 heavy (non-hydrogen) atoms. The van der Waals surface area contributed by atoms with Crippen molar-refractivity contribution in [2.24, 2.45) is 0 Å². The molecule has 2 N–H and O–H groups in total. The van der Waals surface area contributed by atoms with Crippen LogP contribution in [-0.2, 0) is 6.61 Å². The highest BCUT2D eigenvalue weighted by molar-refractivity contribution is 5.31. The number of nitrogens with two attached hydrogens (primary N) is 1. The fraction of sp³-hybridized carbons (Fsp3) is 0.182. The molecule has 5 nitrogen and oxygen atoms in total. The lowest BCUT2D eigenvalue weighted by molar-refractivity contribution is 0.262. The van der Waals surface area contributed by atoms with Crippen molar-refractivity contribution in [1.29, 1.82) is 0 Å². The van der Waals surface area contributed by atoms with E-state index in [1.165, 1.54) is 6.26 Å². The number of nitrogens with zero attached hydrogens (tertiary/aromatic N) is 1. The Kier molecular flexibility index (Phi) is 2.95. The molecule has 5 heteroatoms. The van der Waals surface area contributed by atoms with E-state index >= 15 is 0 Å². The number of anilines is 1. The number of nitrogen functional groups attached to an aromatic ring is 1. The minimum atomic E-state index is 0.254. The van der Waals surface area contributed by atoms with E-state index in [1.54, 1.807) is 7.11 Å². The van der Waals surface area contributed by atoms with Crippen LogP contribution in [0.4, 0.5) is 5.82 Å². The highest BCUT2D eigenvalue weighted by atomic mass is 16.5. The van der Waals surface area contributed by atoms with Crippen molar-refractivity contribution in [3.05, 3.63) is 36.4 Å². The van der Waals surface area contributed by atoms with Crippen molar-refractivity contribution in [3.63, 3.8) is 0 Å². The van der Waals surface area contributed by atoms with Gasteiger partial charge in [0.1, 0.15) is 17.8 Å². The molecule has 2 rings (SSSR count). The number of aromatic nitrogens is 1. The third kappa shape index (κ3) is 2.44. The van der Waals surface area contributed by atoms with E-state index in [-0.39, 0.29) is 6.61 Å². The summed E-state index contributed by atoms with van der Waals surface area (Å²) in [7, 11) is 1.62. The number of benzene rings is 1. The van der Waals surface area contributed by atoms with Gasteiger partial charge in [0.25, 0.3) is 0 Å². The van der Waals surface area contributed by atoms with Gasteiger partial charge in [-0.1, -0.05) is 0 Å². The van der Waals surface area contributed by atoms with Crippen LogP contribution < -0.4 is 15.2 Å². The van der Waals surface area contributed by atoms with Crippen LogP contribution in [0.25, 0.3) is 0 Å². The summed E-state index contributed by atoms with van der Waals surface area (Å²) in [6, 6.07) is 7.26. The Balaban J connectivity index is 1.94. The lowest BCUT2D eigenvalue weighted by atomic mass is 10.3. The average molecular weight is 220 g/mol. The fourth-order valence-electron chi connectivity index (χ4n) is 1.21. The molecule has 0 radical (unpaired) electrons. The largest absolute Gasteiger partial charge is 0.497 e. The molecular weight excluding hydrogens is 208 g/mol. The van der Waals surface area contributed by atoms with E-state index in [9.17, 15) is 0 Å². The van der Waals surface area contributed by atoms with Gasteiger partial charge in [0, 0.05) is 0 Å². The van der Waals surface area contributed by atoms with Gasteiger partial charge in [-0.3, -0.25) is 0 Å². The SMILES string of the molecule is COc1ccc(OCc2nc(N)co2)cc1. The van der Waals surface area contributed by atoms with Crippen molar-refractivity contribution in [3.8, 4) is 11.5 Å². The smallest absolute Gasteiger partial charge is 0.234 e. The van der Waals surface area contributed by atoms with E-state index < -0.39 is 0 Å². The van der Waals surface area contributed by atoms with E-state index in [0.29, 0.717) is 11.7 Å². The van der Waals surface area contributed by atoms with Crippen LogP contribution in [0.5, 0.6) is 11.5 Å². The zero-order valence-electron chi connectivity index (χ0n) is 8.84. The van der Waals surface area contributed by atoms with Crippen LogP contribution in [0.1, 0.15) is 5.89 Å². The fourth-order valence-corrected chi connectivity index (χ4v) is 1.21. The summed E-state index contributed by atoms with van der Waals surface area (Å²) in [5, 5.41) is 0. The molecule has 1 heterocycles. The van der Waals surface area contributed by atoms with Gasteiger partial charge in [-0.05, 0) is 24.3 Å². The second kappa shape index (κ2) is 4.57. The van der Waals surface area contributed by atoms with Crippen LogP contribution in [-0.4, -0.2) is 12.1 Å². The molecule has 0 spiro atoms. The second-order valence-corrected chi connectivity index (χ2v) is 3.13. The second-order valence-electron chi connectivity index (χ2n) is 3.13. The predicted octanol–water partition coefficient (Wildman–Crippen LogP) is 1.84. The molecule has 0 aliphatic heterocycles. The van der Waals surface area contributed by atoms with E-state index in [0.717, 1.165) is 11.5 Å². The summed E-state index contributed by atoms with van der Waals surface area (Å²) in [4.78, 5) is 3.92. The zero-order valence-corrected chi connectivity index (χ0v) is 8.84. The van der Waals surface area contributed by atoms with Gasteiger partial charge in [-0.25, -0.2) is 0 Å². The van der Waals surface area contributed by atoms with Crippen molar-refractivity contribution < 1.29 is 13.9 Å². The average Bonchev–Trinajstić information content (AvgIpc) is 2.73. The van der Waals surface area contributed by atoms with Gasteiger partial charge >= 0.3 is 0 Å². The van der Waals surface area contributed by atoms with Crippen molar-refractivity contribution in [2.45, 2.75) is 6.61 Å². The van der Waals surface area contributed by atoms with E-state index in [4.69, 9.17) is 19.6 Å². The van der Waals surface area contributed by atoms with Crippen LogP contribution >= 0.6 is 0 Å². The Bertz CT molecular complexity index is 451.